The van der Waals surface area contributed by atoms with Crippen molar-refractivity contribution in [2.75, 3.05) is 46.4 Å². The molecule has 1 unspecified atom stereocenters. The lowest BCUT2D eigenvalue weighted by molar-refractivity contribution is 0.0981. The van der Waals surface area contributed by atoms with Gasteiger partial charge in [-0.15, -0.1) is 12.4 Å². The number of hydrogen-bond donors (Lipinski definition) is 1. The van der Waals surface area contributed by atoms with Crippen molar-refractivity contribution in [1.82, 2.24) is 15.1 Å². The van der Waals surface area contributed by atoms with Crippen LogP contribution in [-0.2, 0) is 6.54 Å². The van der Waals surface area contributed by atoms with Crippen LogP contribution in [0.2, 0.25) is 0 Å². The third-order valence-electron chi connectivity index (χ3n) is 4.58. The number of piperazine rings is 1. The molecule has 2 aliphatic rings. The third-order valence-corrected chi connectivity index (χ3v) is 5.20. The lowest BCUT2D eigenvalue weighted by atomic mass is 10.1. The van der Waals surface area contributed by atoms with Gasteiger partial charge in [0.05, 0.1) is 11.6 Å². The standard InChI is InChI=1S/C16H24BrN3O.ClH/c1-21-16-3-2-13(10-15(16)17)12-19-6-8-20(9-7-19)14-4-5-18-11-14;/h2-3,10,14,18H,4-9,11-12H2,1H3;1H. The van der Waals surface area contributed by atoms with Gasteiger partial charge in [-0.05, 0) is 46.6 Å². The largest absolute Gasteiger partial charge is 0.496 e. The molecule has 6 heteroatoms. The van der Waals surface area contributed by atoms with Crippen molar-refractivity contribution in [1.29, 1.82) is 0 Å². The highest BCUT2D eigenvalue weighted by Gasteiger charge is 2.25. The first-order valence-corrected chi connectivity index (χ1v) is 8.55. The van der Waals surface area contributed by atoms with Crippen molar-refractivity contribution in [3.05, 3.63) is 28.2 Å². The van der Waals surface area contributed by atoms with Crippen molar-refractivity contribution in [3.8, 4) is 5.75 Å². The van der Waals surface area contributed by atoms with Gasteiger partial charge in [0.25, 0.3) is 0 Å². The van der Waals surface area contributed by atoms with E-state index < -0.39 is 0 Å². The highest BCUT2D eigenvalue weighted by molar-refractivity contribution is 9.10. The lowest BCUT2D eigenvalue weighted by Gasteiger charge is -2.37. The summed E-state index contributed by atoms with van der Waals surface area (Å²) in [6, 6.07) is 7.14. The Bertz CT molecular complexity index is 474. The summed E-state index contributed by atoms with van der Waals surface area (Å²) in [5.74, 6) is 0.900. The van der Waals surface area contributed by atoms with Gasteiger partial charge < -0.3 is 10.1 Å². The van der Waals surface area contributed by atoms with Gasteiger partial charge in [-0.25, -0.2) is 0 Å². The van der Waals surface area contributed by atoms with E-state index in [9.17, 15) is 0 Å². The van der Waals surface area contributed by atoms with Crippen LogP contribution < -0.4 is 10.1 Å². The number of ether oxygens (including phenoxy) is 1. The molecular weight excluding hydrogens is 366 g/mol. The maximum atomic E-state index is 5.29. The number of nitrogens with one attached hydrogen (secondary N) is 1. The van der Waals surface area contributed by atoms with Crippen LogP contribution in [0.1, 0.15) is 12.0 Å². The molecule has 1 atom stereocenters. The first kappa shape index (κ1) is 18.0. The van der Waals surface area contributed by atoms with Crippen LogP contribution in [0.4, 0.5) is 0 Å². The van der Waals surface area contributed by atoms with Crippen LogP contribution in [0.5, 0.6) is 5.75 Å². The predicted octanol–water partition coefficient (Wildman–Crippen LogP) is 2.36. The summed E-state index contributed by atoms with van der Waals surface area (Å²) in [4.78, 5) is 5.20. The van der Waals surface area contributed by atoms with E-state index in [2.05, 4.69) is 43.2 Å². The van der Waals surface area contributed by atoms with E-state index in [4.69, 9.17) is 4.74 Å². The first-order valence-electron chi connectivity index (χ1n) is 7.76. The SMILES string of the molecule is COc1ccc(CN2CCN(C3CCNC3)CC2)cc1Br.Cl. The summed E-state index contributed by atoms with van der Waals surface area (Å²) >= 11 is 3.57. The monoisotopic (exact) mass is 389 g/mol. The van der Waals surface area contributed by atoms with E-state index in [0.717, 1.165) is 22.8 Å². The van der Waals surface area contributed by atoms with Gasteiger partial charge >= 0.3 is 0 Å². The second-order valence-electron chi connectivity index (χ2n) is 5.93. The van der Waals surface area contributed by atoms with Crippen molar-refractivity contribution in [3.63, 3.8) is 0 Å². The van der Waals surface area contributed by atoms with Crippen LogP contribution in [0.25, 0.3) is 0 Å². The lowest BCUT2D eigenvalue weighted by Crippen LogP contribution is -2.50. The molecule has 0 spiro atoms. The average molecular weight is 391 g/mol. The Labute approximate surface area is 147 Å². The topological polar surface area (TPSA) is 27.7 Å². The molecule has 4 nitrogen and oxygen atoms in total. The number of halogens is 2. The summed E-state index contributed by atoms with van der Waals surface area (Å²) in [6.45, 7) is 8.11. The molecule has 3 rings (SSSR count). The molecule has 2 aliphatic heterocycles. The molecular formula is C16H25BrClN3O. The van der Waals surface area contributed by atoms with E-state index in [1.807, 2.05) is 6.07 Å². The minimum absolute atomic E-state index is 0. The van der Waals surface area contributed by atoms with Crippen LogP contribution in [0.15, 0.2) is 22.7 Å². The van der Waals surface area contributed by atoms with Gasteiger partial charge in [0.15, 0.2) is 0 Å². The molecule has 0 bridgehead atoms. The second-order valence-corrected chi connectivity index (χ2v) is 6.78. The van der Waals surface area contributed by atoms with Crippen LogP contribution in [-0.4, -0.2) is 62.2 Å². The molecule has 2 heterocycles. The Balaban J connectivity index is 0.00000176. The number of benzene rings is 1. The fourth-order valence-electron chi connectivity index (χ4n) is 3.30. The minimum Gasteiger partial charge on any atom is -0.496 e. The molecule has 2 fully saturated rings. The zero-order chi connectivity index (χ0) is 14.7. The molecule has 0 aliphatic carbocycles. The van der Waals surface area contributed by atoms with E-state index >= 15 is 0 Å². The average Bonchev–Trinajstić information content (AvgIpc) is 3.02. The number of nitrogens with zero attached hydrogens (tertiary/aromatic N) is 2. The Morgan fingerprint density at radius 3 is 2.64 bits per heavy atom. The van der Waals surface area contributed by atoms with E-state index in [1.54, 1.807) is 7.11 Å². The molecule has 0 saturated carbocycles. The predicted molar refractivity (Wildman–Crippen MR) is 96.1 cm³/mol. The van der Waals surface area contributed by atoms with Crippen molar-refractivity contribution in [2.45, 2.75) is 19.0 Å². The Morgan fingerprint density at radius 1 is 1.27 bits per heavy atom. The van der Waals surface area contributed by atoms with Crippen molar-refractivity contribution < 1.29 is 4.74 Å². The summed E-state index contributed by atoms with van der Waals surface area (Å²) in [5, 5.41) is 3.47. The second kappa shape index (κ2) is 8.50. The maximum absolute atomic E-state index is 5.29. The minimum atomic E-state index is 0. The number of methoxy groups -OCH3 is 1. The quantitative estimate of drug-likeness (QED) is 0.854. The molecule has 0 radical (unpaired) electrons. The Kier molecular flexibility index (Phi) is 6.96. The summed E-state index contributed by atoms with van der Waals surface area (Å²) in [7, 11) is 1.71. The van der Waals surface area contributed by atoms with Gasteiger partial charge in [0, 0.05) is 45.3 Å². The van der Waals surface area contributed by atoms with Crippen LogP contribution in [0.3, 0.4) is 0 Å². The molecule has 1 aromatic carbocycles. The Morgan fingerprint density at radius 2 is 2.05 bits per heavy atom. The highest BCUT2D eigenvalue weighted by atomic mass is 79.9. The fraction of sp³-hybridized carbons (Fsp3) is 0.625. The van der Waals surface area contributed by atoms with Crippen molar-refractivity contribution in [2.24, 2.45) is 0 Å². The molecule has 0 amide bonds. The fourth-order valence-corrected chi connectivity index (χ4v) is 3.89. The van der Waals surface area contributed by atoms with Crippen LogP contribution >= 0.6 is 28.3 Å². The van der Waals surface area contributed by atoms with Gasteiger partial charge in [0.1, 0.15) is 5.75 Å². The Hall–Kier alpha value is -0.330. The molecule has 2 saturated heterocycles. The summed E-state index contributed by atoms with van der Waals surface area (Å²) in [6.07, 6.45) is 1.31. The van der Waals surface area contributed by atoms with Gasteiger partial charge in [-0.3, -0.25) is 9.80 Å². The highest BCUT2D eigenvalue weighted by Crippen LogP contribution is 2.26. The molecule has 1 aromatic rings. The normalized spacial score (nSPS) is 23.3. The van der Waals surface area contributed by atoms with E-state index in [-0.39, 0.29) is 12.4 Å². The molecule has 124 valence electrons. The zero-order valence-electron chi connectivity index (χ0n) is 13.1. The number of rotatable bonds is 4. The van der Waals surface area contributed by atoms with Gasteiger partial charge in [-0.2, -0.15) is 0 Å². The smallest absolute Gasteiger partial charge is 0.133 e. The van der Waals surface area contributed by atoms with E-state index in [0.29, 0.717) is 0 Å². The van der Waals surface area contributed by atoms with Crippen LogP contribution in [0, 0.1) is 0 Å². The third kappa shape index (κ3) is 4.36. The number of hydrogen-bond acceptors (Lipinski definition) is 4. The molecule has 0 aromatic heterocycles. The van der Waals surface area contributed by atoms with Crippen molar-refractivity contribution >= 4 is 28.3 Å². The zero-order valence-corrected chi connectivity index (χ0v) is 15.5. The summed E-state index contributed by atoms with van der Waals surface area (Å²) < 4.78 is 6.33. The molecule has 22 heavy (non-hydrogen) atoms. The molecule has 1 N–H and O–H groups in total. The first-order chi connectivity index (χ1) is 10.3. The van der Waals surface area contributed by atoms with Gasteiger partial charge in [-0.1, -0.05) is 6.07 Å². The van der Waals surface area contributed by atoms with Gasteiger partial charge in [0.2, 0.25) is 0 Å². The maximum Gasteiger partial charge on any atom is 0.133 e. The summed E-state index contributed by atoms with van der Waals surface area (Å²) in [5.41, 5.74) is 1.35. The van der Waals surface area contributed by atoms with E-state index in [1.165, 1.54) is 51.3 Å².